The minimum absolute atomic E-state index is 0.0199. The Hall–Kier alpha value is -1.59. The Morgan fingerprint density at radius 2 is 1.09 bits per heavy atom. The van der Waals surface area contributed by atoms with Gasteiger partial charge >= 0.3 is 14.2 Å². The van der Waals surface area contributed by atoms with E-state index in [2.05, 4.69) is 50.2 Å². The Labute approximate surface area is 199 Å². The lowest BCUT2D eigenvalue weighted by Crippen LogP contribution is -2.42. The molecule has 5 rings (SSSR count). The molecule has 0 atom stereocenters. The second kappa shape index (κ2) is 10.4. The molecule has 0 amide bonds. The fourth-order valence-corrected chi connectivity index (χ4v) is 5.80. The predicted molar refractivity (Wildman–Crippen MR) is 136 cm³/mol. The number of hydrogen-bond acceptors (Lipinski definition) is 4. The predicted octanol–water partition coefficient (Wildman–Crippen LogP) is 4.60. The molecule has 1 aliphatic carbocycles. The Morgan fingerprint density at radius 3 is 1.48 bits per heavy atom. The zero-order chi connectivity index (χ0) is 22.7. The first kappa shape index (κ1) is 23.2. The fraction of sp³-hybridized carbons (Fsp3) is 0.556. The second-order valence-electron chi connectivity index (χ2n) is 9.75. The summed E-state index contributed by atoms with van der Waals surface area (Å²) in [7, 11) is -0.496. The van der Waals surface area contributed by atoms with Gasteiger partial charge in [-0.15, -0.1) is 0 Å². The summed E-state index contributed by atoms with van der Waals surface area (Å²) in [4.78, 5) is 0. The molecule has 0 radical (unpaired) electrons. The fourth-order valence-electron chi connectivity index (χ4n) is 5.80. The number of benzene rings is 2. The zero-order valence-electron chi connectivity index (χ0n) is 20.2. The molecule has 6 heteroatoms. The lowest BCUT2D eigenvalue weighted by molar-refractivity contribution is 0.143. The average molecular weight is 446 g/mol. The van der Waals surface area contributed by atoms with Gasteiger partial charge in [0.15, 0.2) is 0 Å². The molecule has 4 nitrogen and oxygen atoms in total. The van der Waals surface area contributed by atoms with Crippen LogP contribution in [0.25, 0.3) is 11.1 Å². The maximum Gasteiger partial charge on any atom is 0.493 e. The van der Waals surface area contributed by atoms with Gasteiger partial charge < -0.3 is 18.6 Å². The van der Waals surface area contributed by atoms with E-state index in [1.165, 1.54) is 47.9 Å². The van der Waals surface area contributed by atoms with Gasteiger partial charge in [0.25, 0.3) is 0 Å². The second-order valence-corrected chi connectivity index (χ2v) is 9.75. The molecule has 2 aromatic rings. The van der Waals surface area contributed by atoms with Crippen LogP contribution in [0.4, 0.5) is 0 Å². The van der Waals surface area contributed by atoms with Crippen molar-refractivity contribution < 1.29 is 18.6 Å². The first-order valence-corrected chi connectivity index (χ1v) is 13.0. The van der Waals surface area contributed by atoms with Gasteiger partial charge in [0.1, 0.15) is 0 Å². The van der Waals surface area contributed by atoms with Gasteiger partial charge in [0.2, 0.25) is 0 Å². The molecule has 33 heavy (non-hydrogen) atoms. The molecule has 0 N–H and O–H groups in total. The van der Waals surface area contributed by atoms with Crippen molar-refractivity contribution in [1.82, 2.24) is 0 Å². The summed E-state index contributed by atoms with van der Waals surface area (Å²) in [5, 5.41) is 0. The highest BCUT2D eigenvalue weighted by Gasteiger charge is 2.44. The summed E-state index contributed by atoms with van der Waals surface area (Å²) >= 11 is 0. The summed E-state index contributed by atoms with van der Waals surface area (Å²) in [5.74, 6) is 0. The highest BCUT2D eigenvalue weighted by atomic mass is 16.6. The molecule has 174 valence electrons. The topological polar surface area (TPSA) is 36.9 Å². The number of rotatable bonds is 8. The molecular weight excluding hydrogens is 410 g/mol. The Kier molecular flexibility index (Phi) is 7.27. The van der Waals surface area contributed by atoms with Crippen LogP contribution < -0.4 is 10.9 Å². The third kappa shape index (κ3) is 4.43. The maximum absolute atomic E-state index is 5.97. The third-order valence-corrected chi connectivity index (χ3v) is 7.52. The molecule has 0 bridgehead atoms. The summed E-state index contributed by atoms with van der Waals surface area (Å²) in [6.07, 6.45) is 9.08. The van der Waals surface area contributed by atoms with Crippen molar-refractivity contribution in [3.63, 3.8) is 0 Å². The van der Waals surface area contributed by atoms with Crippen molar-refractivity contribution in [1.29, 1.82) is 0 Å². The minimum atomic E-state index is -0.248. The van der Waals surface area contributed by atoms with Crippen molar-refractivity contribution in [2.75, 3.05) is 26.4 Å². The van der Waals surface area contributed by atoms with Gasteiger partial charge in [0, 0.05) is 31.8 Å². The molecule has 0 saturated carbocycles. The zero-order valence-corrected chi connectivity index (χ0v) is 20.2. The van der Waals surface area contributed by atoms with E-state index >= 15 is 0 Å². The number of unbranched alkanes of at least 4 members (excludes halogenated alkanes) is 2. The standard InChI is InChI=1S/C27H36B2O4/c1-3-5-13-27(14-6-4-2)25-19-21(28-30-15-7-16-31-28)9-11-23(25)24-12-10-22(20-26(24)27)29-32-17-8-18-33-29/h9-12,19-20H,3-8,13-18H2,1-2H3. The van der Waals surface area contributed by atoms with Crippen LogP contribution in [0, 0.1) is 0 Å². The van der Waals surface area contributed by atoms with E-state index in [-0.39, 0.29) is 19.7 Å². The lowest BCUT2D eigenvalue weighted by Gasteiger charge is -2.33. The van der Waals surface area contributed by atoms with Gasteiger partial charge in [-0.2, -0.15) is 0 Å². The molecule has 2 fully saturated rings. The van der Waals surface area contributed by atoms with Gasteiger partial charge in [-0.25, -0.2) is 0 Å². The molecule has 0 aromatic heterocycles. The van der Waals surface area contributed by atoms with E-state index in [9.17, 15) is 0 Å². The normalized spacial score (nSPS) is 19.5. The lowest BCUT2D eigenvalue weighted by atomic mass is 9.67. The van der Waals surface area contributed by atoms with Crippen molar-refractivity contribution in [3.8, 4) is 11.1 Å². The molecule has 0 spiro atoms. The molecule has 2 saturated heterocycles. The summed E-state index contributed by atoms with van der Waals surface area (Å²) in [6, 6.07) is 13.8. The van der Waals surface area contributed by atoms with Gasteiger partial charge in [0.05, 0.1) is 0 Å². The first-order chi connectivity index (χ1) is 16.3. The monoisotopic (exact) mass is 446 g/mol. The molecule has 3 aliphatic rings. The SMILES string of the molecule is CCCCC1(CCCC)c2cc(B3OCCCO3)ccc2-c2ccc(B3OCCCO3)cc21. The quantitative estimate of drug-likeness (QED) is 0.556. The number of fused-ring (bicyclic) bond motifs is 3. The van der Waals surface area contributed by atoms with E-state index in [1.807, 2.05) is 0 Å². The van der Waals surface area contributed by atoms with Crippen molar-refractivity contribution >= 4 is 25.2 Å². The molecule has 2 heterocycles. The number of hydrogen-bond donors (Lipinski definition) is 0. The van der Waals surface area contributed by atoms with Crippen LogP contribution in [-0.2, 0) is 24.0 Å². The van der Waals surface area contributed by atoms with E-state index in [0.717, 1.165) is 63.0 Å². The van der Waals surface area contributed by atoms with Crippen LogP contribution in [0.2, 0.25) is 0 Å². The summed E-state index contributed by atoms with van der Waals surface area (Å²) in [5.41, 5.74) is 7.97. The Morgan fingerprint density at radius 1 is 0.667 bits per heavy atom. The van der Waals surface area contributed by atoms with Crippen LogP contribution in [0.15, 0.2) is 36.4 Å². The van der Waals surface area contributed by atoms with Crippen LogP contribution in [0.3, 0.4) is 0 Å². The highest BCUT2D eigenvalue weighted by molar-refractivity contribution is 6.62. The molecule has 0 unspecified atom stereocenters. The van der Waals surface area contributed by atoms with E-state index in [0.29, 0.717) is 0 Å². The van der Waals surface area contributed by atoms with Gasteiger partial charge in [-0.1, -0.05) is 75.9 Å². The van der Waals surface area contributed by atoms with Crippen LogP contribution in [0.5, 0.6) is 0 Å². The van der Waals surface area contributed by atoms with Gasteiger partial charge in [-0.05, 0) is 58.9 Å². The Balaban J connectivity index is 1.61. The highest BCUT2D eigenvalue weighted by Crippen LogP contribution is 2.53. The average Bonchev–Trinajstić information content (AvgIpc) is 3.16. The molecule has 2 aliphatic heterocycles. The minimum Gasteiger partial charge on any atom is -0.407 e. The van der Waals surface area contributed by atoms with Gasteiger partial charge in [-0.3, -0.25) is 0 Å². The van der Waals surface area contributed by atoms with E-state index in [1.54, 1.807) is 0 Å². The van der Waals surface area contributed by atoms with Crippen LogP contribution >= 0.6 is 0 Å². The van der Waals surface area contributed by atoms with Crippen LogP contribution in [-0.4, -0.2) is 40.7 Å². The van der Waals surface area contributed by atoms with Crippen molar-refractivity contribution in [2.45, 2.75) is 70.6 Å². The van der Waals surface area contributed by atoms with E-state index < -0.39 is 0 Å². The largest absolute Gasteiger partial charge is 0.493 e. The summed E-state index contributed by atoms with van der Waals surface area (Å²) < 4.78 is 23.9. The third-order valence-electron chi connectivity index (χ3n) is 7.52. The van der Waals surface area contributed by atoms with Crippen LogP contribution in [0.1, 0.15) is 76.3 Å². The van der Waals surface area contributed by atoms with Crippen molar-refractivity contribution in [3.05, 3.63) is 47.5 Å². The van der Waals surface area contributed by atoms with E-state index in [4.69, 9.17) is 18.6 Å². The van der Waals surface area contributed by atoms with Crippen molar-refractivity contribution in [2.24, 2.45) is 0 Å². The smallest absolute Gasteiger partial charge is 0.407 e. The first-order valence-electron chi connectivity index (χ1n) is 13.0. The molecular formula is C27H36B2O4. The summed E-state index contributed by atoms with van der Waals surface area (Å²) in [6.45, 7) is 7.66. The molecule has 2 aromatic carbocycles. The Bertz CT molecular complexity index is 874. The maximum atomic E-state index is 5.97.